The Morgan fingerprint density at radius 3 is 2.38 bits per heavy atom. The number of imide groups is 1. The van der Waals surface area contributed by atoms with Crippen LogP contribution in [0.25, 0.3) is 0 Å². The quantitative estimate of drug-likeness (QED) is 0.227. The lowest BCUT2D eigenvalue weighted by molar-refractivity contribution is -0.137. The maximum absolute atomic E-state index is 14.0. The van der Waals surface area contributed by atoms with Crippen LogP contribution in [-0.4, -0.2) is 34.6 Å². The van der Waals surface area contributed by atoms with Crippen molar-refractivity contribution in [2.24, 2.45) is 5.92 Å². The fourth-order valence-electron chi connectivity index (χ4n) is 5.51. The molecule has 2 unspecified atom stereocenters. The van der Waals surface area contributed by atoms with Crippen molar-refractivity contribution in [3.63, 3.8) is 0 Å². The van der Waals surface area contributed by atoms with Crippen molar-refractivity contribution in [2.45, 2.75) is 28.9 Å². The van der Waals surface area contributed by atoms with Crippen LogP contribution in [-0.2, 0) is 27.1 Å². The first-order valence-electron chi connectivity index (χ1n) is 13.2. The number of halogens is 5. The van der Waals surface area contributed by atoms with Crippen molar-refractivity contribution in [1.29, 1.82) is 0 Å². The molecule has 3 atom stereocenters. The fourth-order valence-corrected chi connectivity index (χ4v) is 8.70. The number of methoxy groups -OCH3 is 1. The van der Waals surface area contributed by atoms with Gasteiger partial charge in [-0.05, 0) is 48.0 Å². The molecule has 15 heteroatoms. The highest BCUT2D eigenvalue weighted by atomic mass is 35.5. The number of para-hydroxylation sites is 1. The summed E-state index contributed by atoms with van der Waals surface area (Å²) < 4.78 is 46.8. The van der Waals surface area contributed by atoms with E-state index < -0.39 is 63.7 Å². The summed E-state index contributed by atoms with van der Waals surface area (Å²) in [5.41, 5.74) is -0.773. The van der Waals surface area contributed by atoms with Crippen LogP contribution < -0.4 is 19.8 Å². The van der Waals surface area contributed by atoms with Crippen molar-refractivity contribution in [2.75, 3.05) is 17.3 Å². The highest BCUT2D eigenvalue weighted by Gasteiger charge is 2.57. The molecule has 1 aromatic heterocycles. The number of nitrogens with zero attached hydrogens (tertiary/aromatic N) is 2. The molecule has 0 aliphatic carbocycles. The van der Waals surface area contributed by atoms with E-state index in [-0.39, 0.29) is 15.1 Å². The Morgan fingerprint density at radius 1 is 0.978 bits per heavy atom. The van der Waals surface area contributed by atoms with Gasteiger partial charge in [0, 0.05) is 10.8 Å². The summed E-state index contributed by atoms with van der Waals surface area (Å²) in [4.78, 5) is 55.2. The van der Waals surface area contributed by atoms with Gasteiger partial charge >= 0.3 is 11.0 Å². The molecular weight excluding hydrogens is 674 g/mol. The van der Waals surface area contributed by atoms with Crippen LogP contribution in [0.1, 0.15) is 21.9 Å². The van der Waals surface area contributed by atoms with Crippen molar-refractivity contribution < 1.29 is 32.3 Å². The van der Waals surface area contributed by atoms with E-state index in [1.54, 1.807) is 42.5 Å². The van der Waals surface area contributed by atoms with Crippen molar-refractivity contribution in [3.8, 4) is 5.75 Å². The average molecular weight is 695 g/mol. The molecule has 4 aromatic rings. The van der Waals surface area contributed by atoms with Crippen LogP contribution in [0.3, 0.4) is 0 Å². The lowest BCUT2D eigenvalue weighted by atomic mass is 9.83. The van der Waals surface area contributed by atoms with E-state index in [1.165, 1.54) is 19.2 Å². The predicted molar refractivity (Wildman–Crippen MR) is 166 cm³/mol. The largest absolute Gasteiger partial charge is 0.497 e. The molecule has 3 amide bonds. The smallest absolute Gasteiger partial charge is 0.418 e. The van der Waals surface area contributed by atoms with E-state index in [9.17, 15) is 32.3 Å². The summed E-state index contributed by atoms with van der Waals surface area (Å²) in [5.74, 6) is -3.28. The second-order valence-electron chi connectivity index (χ2n) is 10.1. The zero-order valence-electron chi connectivity index (χ0n) is 22.9. The fraction of sp³-hybridized carbons (Fsp3) is 0.200. The van der Waals surface area contributed by atoms with Crippen LogP contribution in [0.2, 0.25) is 10.0 Å². The van der Waals surface area contributed by atoms with Crippen LogP contribution in [0, 0.1) is 5.92 Å². The van der Waals surface area contributed by atoms with Gasteiger partial charge in [0.1, 0.15) is 17.5 Å². The molecule has 0 spiro atoms. The molecule has 1 fully saturated rings. The van der Waals surface area contributed by atoms with Gasteiger partial charge in [-0.2, -0.15) is 13.2 Å². The molecule has 6 rings (SSSR count). The van der Waals surface area contributed by atoms with Crippen LogP contribution in [0.15, 0.2) is 76.6 Å². The molecule has 1 saturated heterocycles. The van der Waals surface area contributed by atoms with Gasteiger partial charge in [-0.1, -0.05) is 70.6 Å². The second kappa shape index (κ2) is 11.9. The molecular formula is C30H20Cl2F3N3O5S2. The van der Waals surface area contributed by atoms with Crippen molar-refractivity contribution >= 4 is 75.4 Å². The van der Waals surface area contributed by atoms with Crippen molar-refractivity contribution in [3.05, 3.63) is 102 Å². The molecule has 232 valence electrons. The molecule has 3 aromatic carbocycles. The molecule has 1 N–H and O–H groups in total. The minimum atomic E-state index is -4.72. The number of rotatable bonds is 6. The van der Waals surface area contributed by atoms with Gasteiger partial charge in [0.05, 0.1) is 45.0 Å². The number of thioether (sulfide) groups is 1. The Balaban J connectivity index is 1.42. The maximum Gasteiger partial charge on any atom is 0.418 e. The number of hydrogen-bond acceptors (Lipinski definition) is 7. The number of fused-ring (bicyclic) bond motifs is 2. The predicted octanol–water partition coefficient (Wildman–Crippen LogP) is 6.68. The Labute approximate surface area is 271 Å². The topological polar surface area (TPSA) is 97.7 Å². The number of ether oxygens (including phenoxy) is 1. The van der Waals surface area contributed by atoms with Crippen LogP contribution in [0.5, 0.6) is 5.75 Å². The lowest BCUT2D eigenvalue weighted by Crippen LogP contribution is -2.33. The minimum absolute atomic E-state index is 0.137. The number of nitrogens with one attached hydrogen (secondary N) is 1. The highest BCUT2D eigenvalue weighted by molar-refractivity contribution is 8.00. The van der Waals surface area contributed by atoms with Crippen LogP contribution >= 0.6 is 46.3 Å². The van der Waals surface area contributed by atoms with Gasteiger partial charge in [-0.3, -0.25) is 23.7 Å². The molecule has 45 heavy (non-hydrogen) atoms. The first kappa shape index (κ1) is 31.2. The number of carbonyl (C=O) groups is 3. The zero-order chi connectivity index (χ0) is 32.2. The van der Waals surface area contributed by atoms with E-state index in [2.05, 4.69) is 5.32 Å². The molecule has 2 aliphatic heterocycles. The SMILES string of the molecule is COc1ccc(N2C(=O)C3Sc4c(sc(=O)n4CC(=O)Nc4ccccc4C(F)(F)F)[C@H](c4cccc(Cl)c4Cl)C3C2=O)cc1. The van der Waals surface area contributed by atoms with Gasteiger partial charge in [0.15, 0.2) is 0 Å². The molecule has 0 radical (unpaired) electrons. The maximum atomic E-state index is 14.0. The van der Waals surface area contributed by atoms with Gasteiger partial charge in [0.25, 0.3) is 0 Å². The second-order valence-corrected chi connectivity index (χ2v) is 13.0. The third-order valence-electron chi connectivity index (χ3n) is 7.50. The third-order valence-corrected chi connectivity index (χ3v) is 10.9. The van der Waals surface area contributed by atoms with E-state index in [0.29, 0.717) is 21.9 Å². The van der Waals surface area contributed by atoms with E-state index in [4.69, 9.17) is 27.9 Å². The Morgan fingerprint density at radius 2 is 1.69 bits per heavy atom. The average Bonchev–Trinajstić information content (AvgIpc) is 3.44. The summed E-state index contributed by atoms with van der Waals surface area (Å²) >= 11 is 14.7. The number of amides is 3. The summed E-state index contributed by atoms with van der Waals surface area (Å²) in [6, 6.07) is 15.7. The normalized spacial score (nSPS) is 19.3. The Kier molecular flexibility index (Phi) is 8.23. The number of benzene rings is 3. The summed E-state index contributed by atoms with van der Waals surface area (Å²) in [6.07, 6.45) is -4.72. The third kappa shape index (κ3) is 5.51. The minimum Gasteiger partial charge on any atom is -0.497 e. The summed E-state index contributed by atoms with van der Waals surface area (Å²) in [6.45, 7) is -0.637. The number of hydrogen-bond donors (Lipinski definition) is 1. The first-order chi connectivity index (χ1) is 21.4. The van der Waals surface area contributed by atoms with Gasteiger partial charge in [-0.25, -0.2) is 4.90 Å². The monoisotopic (exact) mass is 693 g/mol. The summed E-state index contributed by atoms with van der Waals surface area (Å²) in [5, 5.41) is 1.81. The zero-order valence-corrected chi connectivity index (χ0v) is 26.1. The lowest BCUT2D eigenvalue weighted by Gasteiger charge is -2.31. The number of anilines is 2. The van der Waals surface area contributed by atoms with E-state index in [1.807, 2.05) is 0 Å². The Hall–Kier alpha value is -3.78. The Bertz CT molecular complexity index is 1910. The van der Waals surface area contributed by atoms with Crippen LogP contribution in [0.4, 0.5) is 24.5 Å². The molecule has 2 aliphatic rings. The van der Waals surface area contributed by atoms with E-state index in [0.717, 1.165) is 44.7 Å². The van der Waals surface area contributed by atoms with E-state index >= 15 is 0 Å². The standard InChI is InChI=1S/C30H20Cl2F3N3O5S2/c1-43-15-11-9-14(10-12-15)38-26(40)22-21(16-5-4-7-18(31)23(16)32)25-28(44-24(22)27(38)41)37(29(42)45-25)13-20(39)36-19-8-3-2-6-17(19)30(33,34)35/h2-12,21-22,24H,13H2,1H3,(H,36,39)/t21-,22?,24?/m1/s1. The van der Waals surface area contributed by atoms with Gasteiger partial charge in [0.2, 0.25) is 17.7 Å². The molecule has 3 heterocycles. The first-order valence-corrected chi connectivity index (χ1v) is 15.7. The molecule has 0 saturated carbocycles. The van der Waals surface area contributed by atoms with Crippen molar-refractivity contribution in [1.82, 2.24) is 4.57 Å². The molecule has 8 nitrogen and oxygen atoms in total. The molecule has 0 bridgehead atoms. The van der Waals surface area contributed by atoms with Gasteiger partial charge < -0.3 is 10.1 Å². The number of aromatic nitrogens is 1. The highest BCUT2D eigenvalue weighted by Crippen LogP contribution is 2.55. The number of alkyl halides is 3. The van der Waals surface area contributed by atoms with Gasteiger partial charge in [-0.15, -0.1) is 0 Å². The number of thiazole rings is 1. The number of carbonyl (C=O) groups excluding carboxylic acids is 3. The summed E-state index contributed by atoms with van der Waals surface area (Å²) in [7, 11) is 1.49.